The molecule has 4 aromatic rings. The summed E-state index contributed by atoms with van der Waals surface area (Å²) in [6.45, 7) is 2.68. The highest BCUT2D eigenvalue weighted by Crippen LogP contribution is 2.38. The molecule has 190 valence electrons. The highest BCUT2D eigenvalue weighted by atomic mass is 19.4. The van der Waals surface area contributed by atoms with Crippen LogP contribution in [0.1, 0.15) is 24.0 Å². The molecule has 1 aliphatic heterocycles. The first-order valence-electron chi connectivity index (χ1n) is 11.9. The Morgan fingerprint density at radius 2 is 1.83 bits per heavy atom. The summed E-state index contributed by atoms with van der Waals surface area (Å²) in [7, 11) is 1.84. The molecular weight excluding hydrogens is 469 g/mol. The van der Waals surface area contributed by atoms with Crippen LogP contribution < -0.4 is 15.5 Å². The van der Waals surface area contributed by atoms with E-state index >= 15 is 0 Å². The molecule has 0 aliphatic carbocycles. The van der Waals surface area contributed by atoms with Gasteiger partial charge in [0, 0.05) is 44.5 Å². The first-order valence-corrected chi connectivity index (χ1v) is 11.9. The summed E-state index contributed by atoms with van der Waals surface area (Å²) in [5.74, 6) is 0.470. The quantitative estimate of drug-likeness (QED) is 0.398. The fourth-order valence-corrected chi connectivity index (χ4v) is 4.90. The molecule has 8 nitrogen and oxygen atoms in total. The third-order valence-corrected chi connectivity index (χ3v) is 6.82. The number of halogens is 3. The maximum absolute atomic E-state index is 12.9. The average molecular weight is 499 g/mol. The number of piperidine rings is 1. The molecule has 0 atom stereocenters. The second kappa shape index (κ2) is 9.45. The van der Waals surface area contributed by atoms with E-state index < -0.39 is 12.7 Å². The van der Waals surface area contributed by atoms with Crippen LogP contribution in [0.2, 0.25) is 0 Å². The van der Waals surface area contributed by atoms with E-state index in [-0.39, 0.29) is 12.0 Å². The largest absolute Gasteiger partial charge is 0.401 e. The highest BCUT2D eigenvalue weighted by molar-refractivity contribution is 5.71. The molecule has 0 unspecified atom stereocenters. The number of aryl methyl sites for hydroxylation is 2. The summed E-state index contributed by atoms with van der Waals surface area (Å²) in [5.41, 5.74) is 4.30. The number of nitrogens with one attached hydrogen (secondary N) is 2. The van der Waals surface area contributed by atoms with Crippen molar-refractivity contribution in [2.75, 3.05) is 36.4 Å². The lowest BCUT2D eigenvalue weighted by Gasteiger charge is -2.43. The maximum Gasteiger partial charge on any atom is 0.401 e. The predicted octanol–water partition coefficient (Wildman–Crippen LogP) is 4.20. The smallest absolute Gasteiger partial charge is 0.368 e. The first kappa shape index (κ1) is 24.1. The van der Waals surface area contributed by atoms with Gasteiger partial charge in [-0.25, -0.2) is 4.52 Å². The van der Waals surface area contributed by atoms with Gasteiger partial charge in [-0.05, 0) is 37.5 Å². The van der Waals surface area contributed by atoms with Crippen molar-refractivity contribution in [2.45, 2.75) is 31.4 Å². The van der Waals surface area contributed by atoms with Crippen molar-refractivity contribution in [1.29, 1.82) is 0 Å². The van der Waals surface area contributed by atoms with Crippen LogP contribution in [0, 0.1) is 6.92 Å². The third-order valence-electron chi connectivity index (χ3n) is 6.82. The molecular formula is C25H29F3N8. The molecule has 2 N–H and O–H groups in total. The van der Waals surface area contributed by atoms with Gasteiger partial charge in [0.2, 0.25) is 5.95 Å². The Kier molecular flexibility index (Phi) is 6.33. The van der Waals surface area contributed by atoms with Crippen molar-refractivity contribution in [3.05, 3.63) is 66.1 Å². The van der Waals surface area contributed by atoms with Crippen molar-refractivity contribution in [1.82, 2.24) is 29.7 Å². The third kappa shape index (κ3) is 5.15. The zero-order valence-corrected chi connectivity index (χ0v) is 20.3. The SMILES string of the molecule is Cc1ccc(C2(CNCC(F)(F)F)CCN(c3cccn4nc(Nc5cnn(C)c5)nc34)CC2)cc1. The predicted molar refractivity (Wildman–Crippen MR) is 133 cm³/mol. The summed E-state index contributed by atoms with van der Waals surface area (Å²) < 4.78 is 42.0. The van der Waals surface area contributed by atoms with Crippen molar-refractivity contribution in [2.24, 2.45) is 7.05 Å². The Morgan fingerprint density at radius 3 is 2.50 bits per heavy atom. The number of alkyl halides is 3. The van der Waals surface area contributed by atoms with Gasteiger partial charge in [0.05, 0.1) is 24.1 Å². The van der Waals surface area contributed by atoms with Crippen LogP contribution in [-0.2, 0) is 12.5 Å². The second-order valence-electron chi connectivity index (χ2n) is 9.48. The highest BCUT2D eigenvalue weighted by Gasteiger charge is 2.38. The lowest BCUT2D eigenvalue weighted by atomic mass is 9.72. The number of pyridine rings is 1. The second-order valence-corrected chi connectivity index (χ2v) is 9.48. The van der Waals surface area contributed by atoms with E-state index in [9.17, 15) is 13.2 Å². The summed E-state index contributed by atoms with van der Waals surface area (Å²) in [4.78, 5) is 6.94. The van der Waals surface area contributed by atoms with Crippen molar-refractivity contribution < 1.29 is 13.2 Å². The Hall–Kier alpha value is -3.60. The molecule has 11 heteroatoms. The molecule has 5 rings (SSSR count). The number of nitrogens with zero attached hydrogens (tertiary/aromatic N) is 6. The minimum absolute atomic E-state index is 0.276. The van der Waals surface area contributed by atoms with E-state index in [0.29, 0.717) is 19.0 Å². The lowest BCUT2D eigenvalue weighted by Crippen LogP contribution is -2.49. The van der Waals surface area contributed by atoms with Crippen LogP contribution in [-0.4, -0.2) is 56.7 Å². The molecule has 0 saturated carbocycles. The number of benzene rings is 1. The van der Waals surface area contributed by atoms with Crippen molar-refractivity contribution >= 4 is 23.0 Å². The Balaban J connectivity index is 1.36. The fourth-order valence-electron chi connectivity index (χ4n) is 4.90. The maximum atomic E-state index is 12.9. The number of rotatable bonds is 7. The topological polar surface area (TPSA) is 75.3 Å². The van der Waals surface area contributed by atoms with E-state index in [2.05, 4.69) is 37.9 Å². The van der Waals surface area contributed by atoms with Crippen molar-refractivity contribution in [3.8, 4) is 0 Å². The Morgan fingerprint density at radius 1 is 1.08 bits per heavy atom. The van der Waals surface area contributed by atoms with Gasteiger partial charge in [0.25, 0.3) is 0 Å². The van der Waals surface area contributed by atoms with E-state index in [1.807, 2.05) is 50.6 Å². The number of anilines is 3. The lowest BCUT2D eigenvalue weighted by molar-refractivity contribution is -0.125. The van der Waals surface area contributed by atoms with Gasteiger partial charge >= 0.3 is 6.18 Å². The molecule has 3 aromatic heterocycles. The van der Waals surface area contributed by atoms with Crippen LogP contribution in [0.3, 0.4) is 0 Å². The van der Waals surface area contributed by atoms with E-state index in [1.54, 1.807) is 15.4 Å². The summed E-state index contributed by atoms with van der Waals surface area (Å²) in [6.07, 6.45) is 2.60. The number of aromatic nitrogens is 5. The van der Waals surface area contributed by atoms with Gasteiger partial charge in [-0.15, -0.1) is 5.10 Å². The summed E-state index contributed by atoms with van der Waals surface area (Å²) in [6, 6.07) is 12.1. The monoisotopic (exact) mass is 498 g/mol. The number of hydrogen-bond acceptors (Lipinski definition) is 6. The fraction of sp³-hybridized carbons (Fsp3) is 0.400. The van der Waals surface area contributed by atoms with Gasteiger partial charge in [0.15, 0.2) is 5.65 Å². The summed E-state index contributed by atoms with van der Waals surface area (Å²) >= 11 is 0. The Bertz CT molecular complexity index is 1320. The van der Waals surface area contributed by atoms with Gasteiger partial charge in [0.1, 0.15) is 0 Å². The average Bonchev–Trinajstić information content (AvgIpc) is 3.44. The van der Waals surface area contributed by atoms with E-state index in [4.69, 9.17) is 4.98 Å². The Labute approximate surface area is 207 Å². The molecule has 1 aromatic carbocycles. The molecule has 1 fully saturated rings. The van der Waals surface area contributed by atoms with Crippen molar-refractivity contribution in [3.63, 3.8) is 0 Å². The molecule has 0 bridgehead atoms. The molecule has 0 spiro atoms. The minimum Gasteiger partial charge on any atom is -0.368 e. The molecule has 0 radical (unpaired) electrons. The van der Waals surface area contributed by atoms with E-state index in [1.165, 1.54) is 0 Å². The van der Waals surface area contributed by atoms with Gasteiger partial charge in [-0.2, -0.15) is 23.3 Å². The van der Waals surface area contributed by atoms with Crippen LogP contribution in [0.5, 0.6) is 0 Å². The molecule has 1 saturated heterocycles. The normalized spacial score (nSPS) is 16.0. The molecule has 36 heavy (non-hydrogen) atoms. The van der Waals surface area contributed by atoms with Gasteiger partial charge in [-0.3, -0.25) is 4.68 Å². The zero-order valence-electron chi connectivity index (χ0n) is 20.3. The first-order chi connectivity index (χ1) is 17.2. The number of fused-ring (bicyclic) bond motifs is 1. The van der Waals surface area contributed by atoms with E-state index in [0.717, 1.165) is 41.0 Å². The van der Waals surface area contributed by atoms with Gasteiger partial charge < -0.3 is 15.5 Å². The zero-order chi connectivity index (χ0) is 25.3. The van der Waals surface area contributed by atoms with Gasteiger partial charge in [-0.1, -0.05) is 29.8 Å². The van der Waals surface area contributed by atoms with Crippen LogP contribution in [0.25, 0.3) is 5.65 Å². The number of hydrogen-bond donors (Lipinski definition) is 2. The summed E-state index contributed by atoms with van der Waals surface area (Å²) in [5, 5.41) is 14.5. The minimum atomic E-state index is -4.24. The molecule has 0 amide bonds. The van der Waals surface area contributed by atoms with Crippen LogP contribution in [0.15, 0.2) is 55.0 Å². The molecule has 1 aliphatic rings. The molecule has 4 heterocycles. The van der Waals surface area contributed by atoms with Crippen LogP contribution >= 0.6 is 0 Å². The van der Waals surface area contributed by atoms with Crippen LogP contribution in [0.4, 0.5) is 30.5 Å². The standard InChI is InChI=1S/C25H29F3N8/c1-18-5-7-19(8-6-18)24(16-29-17-25(26,27)28)9-12-35(13-10-24)21-4-3-11-36-22(21)32-23(33-36)31-20-14-30-34(2)15-20/h3-8,11,14-15,29H,9-10,12-13,16-17H2,1-2H3,(H,31,33).